The zero-order chi connectivity index (χ0) is 18.4. The summed E-state index contributed by atoms with van der Waals surface area (Å²) in [4.78, 5) is 20.0. The van der Waals surface area contributed by atoms with Crippen LogP contribution in [0, 0.1) is 0 Å². The lowest BCUT2D eigenvalue weighted by molar-refractivity contribution is 0.254. The number of hydrogen-bond donors (Lipinski definition) is 3. The summed E-state index contributed by atoms with van der Waals surface area (Å²) in [6.45, 7) is 0. The standard InChI is InChI=1S/C15H11Br2N7O2/c16-9-7-18-15(19-8-9)26-11-3-1-2-10(6-11)20-14(25)24-23-13-5-4-12(17)21-22-13/h1-8H,(H,22,23)(H2,20,24,25). The third-order valence-corrected chi connectivity index (χ3v) is 3.67. The molecule has 2 aromatic heterocycles. The number of hydrazine groups is 1. The van der Waals surface area contributed by atoms with Gasteiger partial charge in [-0.1, -0.05) is 6.07 Å². The van der Waals surface area contributed by atoms with Gasteiger partial charge >= 0.3 is 12.0 Å². The number of carbonyl (C=O) groups excluding carboxylic acids is 1. The number of halogens is 2. The van der Waals surface area contributed by atoms with Crippen molar-refractivity contribution < 1.29 is 9.53 Å². The second-order valence-electron chi connectivity index (χ2n) is 4.76. The molecule has 1 aromatic carbocycles. The molecule has 0 radical (unpaired) electrons. The smallest absolute Gasteiger partial charge is 0.337 e. The molecule has 11 heteroatoms. The normalized spacial score (nSPS) is 10.1. The number of anilines is 2. The van der Waals surface area contributed by atoms with E-state index in [1.165, 1.54) is 0 Å². The number of nitrogens with one attached hydrogen (secondary N) is 3. The Morgan fingerprint density at radius 3 is 2.58 bits per heavy atom. The molecule has 0 aliphatic carbocycles. The maximum Gasteiger partial charge on any atom is 0.337 e. The van der Waals surface area contributed by atoms with Crippen LogP contribution < -0.4 is 20.9 Å². The molecule has 0 aliphatic heterocycles. The number of nitrogens with zero attached hydrogens (tertiary/aromatic N) is 4. The van der Waals surface area contributed by atoms with Crippen molar-refractivity contribution in [2.24, 2.45) is 0 Å². The lowest BCUT2D eigenvalue weighted by Gasteiger charge is -2.10. The van der Waals surface area contributed by atoms with Crippen LogP contribution in [-0.4, -0.2) is 26.2 Å². The molecule has 26 heavy (non-hydrogen) atoms. The second-order valence-corrected chi connectivity index (χ2v) is 6.49. The topological polar surface area (TPSA) is 114 Å². The highest BCUT2D eigenvalue weighted by Gasteiger charge is 2.05. The van der Waals surface area contributed by atoms with Crippen LogP contribution in [0.2, 0.25) is 0 Å². The van der Waals surface area contributed by atoms with Gasteiger partial charge in [0.2, 0.25) is 0 Å². The van der Waals surface area contributed by atoms with Gasteiger partial charge in [0.05, 0.1) is 4.47 Å². The molecule has 2 amide bonds. The molecular weight excluding hydrogens is 470 g/mol. The SMILES string of the molecule is O=C(NNc1ccc(Br)nn1)Nc1cccc(Oc2ncc(Br)cn2)c1. The summed E-state index contributed by atoms with van der Waals surface area (Å²) in [5.74, 6) is 0.879. The van der Waals surface area contributed by atoms with Crippen LogP contribution in [-0.2, 0) is 0 Å². The summed E-state index contributed by atoms with van der Waals surface area (Å²) in [6.07, 6.45) is 3.16. The first-order valence-electron chi connectivity index (χ1n) is 7.16. The van der Waals surface area contributed by atoms with Gasteiger partial charge in [0.25, 0.3) is 0 Å². The van der Waals surface area contributed by atoms with Crippen molar-refractivity contribution in [3.05, 3.63) is 57.9 Å². The van der Waals surface area contributed by atoms with Crippen molar-refractivity contribution in [3.63, 3.8) is 0 Å². The van der Waals surface area contributed by atoms with Gasteiger partial charge in [0.15, 0.2) is 5.82 Å². The van der Waals surface area contributed by atoms with E-state index in [0.717, 1.165) is 4.47 Å². The highest BCUT2D eigenvalue weighted by molar-refractivity contribution is 9.10. The Balaban J connectivity index is 1.56. The van der Waals surface area contributed by atoms with E-state index in [2.05, 4.69) is 68.2 Å². The summed E-state index contributed by atoms with van der Waals surface area (Å²) >= 11 is 6.43. The molecule has 132 valence electrons. The second kappa shape index (κ2) is 8.54. The Bertz CT molecular complexity index is 891. The van der Waals surface area contributed by atoms with E-state index in [9.17, 15) is 4.79 Å². The first kappa shape index (κ1) is 18.0. The molecule has 0 saturated heterocycles. The van der Waals surface area contributed by atoms with E-state index in [-0.39, 0.29) is 6.01 Å². The van der Waals surface area contributed by atoms with Gasteiger partial charge in [0.1, 0.15) is 10.4 Å². The van der Waals surface area contributed by atoms with Crippen molar-refractivity contribution in [2.45, 2.75) is 0 Å². The fourth-order valence-electron chi connectivity index (χ4n) is 1.76. The van der Waals surface area contributed by atoms with E-state index in [4.69, 9.17) is 4.74 Å². The Kier molecular flexibility index (Phi) is 5.92. The molecule has 3 N–H and O–H groups in total. The molecule has 0 unspecified atom stereocenters. The Morgan fingerprint density at radius 1 is 1.04 bits per heavy atom. The Hall–Kier alpha value is -2.79. The minimum Gasteiger partial charge on any atom is -0.424 e. The largest absolute Gasteiger partial charge is 0.424 e. The van der Waals surface area contributed by atoms with Gasteiger partial charge < -0.3 is 10.1 Å². The molecule has 9 nitrogen and oxygen atoms in total. The third-order valence-electron chi connectivity index (χ3n) is 2.83. The van der Waals surface area contributed by atoms with Crippen LogP contribution in [0.3, 0.4) is 0 Å². The number of benzene rings is 1. The average molecular weight is 481 g/mol. The monoisotopic (exact) mass is 479 g/mol. The van der Waals surface area contributed by atoms with Crippen LogP contribution >= 0.6 is 31.9 Å². The minimum absolute atomic E-state index is 0.199. The first-order chi connectivity index (χ1) is 12.6. The molecule has 2 heterocycles. The maximum absolute atomic E-state index is 11.9. The highest BCUT2D eigenvalue weighted by Crippen LogP contribution is 2.22. The van der Waals surface area contributed by atoms with Crippen molar-refractivity contribution >= 4 is 49.4 Å². The molecule has 0 aliphatic rings. The number of amides is 2. The number of hydrogen-bond acceptors (Lipinski definition) is 7. The lowest BCUT2D eigenvalue weighted by atomic mass is 10.3. The maximum atomic E-state index is 11.9. The predicted octanol–water partition coefficient (Wildman–Crippen LogP) is 3.73. The molecule has 0 fully saturated rings. The molecule has 3 rings (SSSR count). The molecule has 0 bridgehead atoms. The van der Waals surface area contributed by atoms with Gasteiger partial charge in [-0.2, -0.15) is 0 Å². The molecule has 0 saturated carbocycles. The van der Waals surface area contributed by atoms with E-state index < -0.39 is 6.03 Å². The minimum atomic E-state index is -0.480. The Labute approximate surface area is 164 Å². The van der Waals surface area contributed by atoms with Crippen molar-refractivity contribution in [3.8, 4) is 11.8 Å². The summed E-state index contributed by atoms with van der Waals surface area (Å²) in [5.41, 5.74) is 5.62. The first-order valence-corrected chi connectivity index (χ1v) is 8.75. The number of rotatable bonds is 5. The fraction of sp³-hybridized carbons (Fsp3) is 0. The van der Waals surface area contributed by atoms with Crippen LogP contribution in [0.15, 0.2) is 57.9 Å². The third kappa shape index (κ3) is 5.36. The van der Waals surface area contributed by atoms with Gasteiger partial charge in [-0.15, -0.1) is 10.2 Å². The summed E-state index contributed by atoms with van der Waals surface area (Å²) in [7, 11) is 0. The quantitative estimate of drug-likeness (QED) is 0.476. The Morgan fingerprint density at radius 2 is 1.85 bits per heavy atom. The summed E-state index contributed by atoms with van der Waals surface area (Å²) in [6, 6.07) is 9.89. The van der Waals surface area contributed by atoms with Gasteiger partial charge in [-0.05, 0) is 56.1 Å². The van der Waals surface area contributed by atoms with E-state index >= 15 is 0 Å². The number of carbonyl (C=O) groups is 1. The average Bonchev–Trinajstić information content (AvgIpc) is 2.63. The van der Waals surface area contributed by atoms with Crippen LogP contribution in [0.5, 0.6) is 11.8 Å². The molecule has 0 spiro atoms. The van der Waals surface area contributed by atoms with Crippen LogP contribution in [0.25, 0.3) is 0 Å². The molecular formula is C15H11Br2N7O2. The zero-order valence-electron chi connectivity index (χ0n) is 13.0. The fourth-order valence-corrected chi connectivity index (χ4v) is 2.18. The highest BCUT2D eigenvalue weighted by atomic mass is 79.9. The van der Waals surface area contributed by atoms with Crippen LogP contribution in [0.1, 0.15) is 0 Å². The summed E-state index contributed by atoms with van der Waals surface area (Å²) in [5, 5.41) is 10.3. The van der Waals surface area contributed by atoms with Gasteiger partial charge in [0, 0.05) is 24.1 Å². The van der Waals surface area contributed by atoms with Crippen molar-refractivity contribution in [2.75, 3.05) is 10.7 Å². The van der Waals surface area contributed by atoms with Gasteiger partial charge in [-0.25, -0.2) is 20.2 Å². The molecule has 3 aromatic rings. The predicted molar refractivity (Wildman–Crippen MR) is 102 cm³/mol. The van der Waals surface area contributed by atoms with E-state index in [1.807, 2.05) is 0 Å². The molecule has 0 atom stereocenters. The summed E-state index contributed by atoms with van der Waals surface area (Å²) < 4.78 is 6.89. The van der Waals surface area contributed by atoms with Crippen LogP contribution in [0.4, 0.5) is 16.3 Å². The number of urea groups is 1. The van der Waals surface area contributed by atoms with E-state index in [1.54, 1.807) is 48.8 Å². The number of ether oxygens (including phenoxy) is 1. The van der Waals surface area contributed by atoms with Crippen molar-refractivity contribution in [1.82, 2.24) is 25.6 Å². The number of aromatic nitrogens is 4. The van der Waals surface area contributed by atoms with Crippen molar-refractivity contribution in [1.29, 1.82) is 0 Å². The van der Waals surface area contributed by atoms with Gasteiger partial charge in [-0.3, -0.25) is 5.43 Å². The zero-order valence-corrected chi connectivity index (χ0v) is 16.2. The van der Waals surface area contributed by atoms with E-state index in [0.29, 0.717) is 21.9 Å². The lowest BCUT2D eigenvalue weighted by Crippen LogP contribution is -2.33.